The largest absolute Gasteiger partial charge is 0.327 e. The minimum absolute atomic E-state index is 0.141. The van der Waals surface area contributed by atoms with Crippen molar-refractivity contribution >= 4 is 23.4 Å². The van der Waals surface area contributed by atoms with Crippen LogP contribution in [0.15, 0.2) is 24.3 Å². The molecule has 5 nitrogen and oxygen atoms in total. The molecule has 0 unspecified atom stereocenters. The lowest BCUT2D eigenvalue weighted by molar-refractivity contribution is -0.131. The molecule has 23 heavy (non-hydrogen) atoms. The molecule has 2 atom stereocenters. The van der Waals surface area contributed by atoms with Crippen molar-refractivity contribution in [3.05, 3.63) is 29.8 Å². The second-order valence-electron chi connectivity index (χ2n) is 6.35. The number of carbonyl (C=O) groups is 3. The Labute approximate surface area is 136 Å². The lowest BCUT2D eigenvalue weighted by atomic mass is 10.0. The Morgan fingerprint density at radius 3 is 2.74 bits per heavy atom. The van der Waals surface area contributed by atoms with E-state index in [9.17, 15) is 14.4 Å². The van der Waals surface area contributed by atoms with Crippen molar-refractivity contribution in [3.63, 3.8) is 0 Å². The van der Waals surface area contributed by atoms with Crippen LogP contribution in [0.2, 0.25) is 0 Å². The Morgan fingerprint density at radius 1 is 1.26 bits per heavy atom. The maximum atomic E-state index is 13.1. The van der Waals surface area contributed by atoms with E-state index in [1.807, 2.05) is 13.8 Å². The number of nitrogens with zero attached hydrogens (tertiary/aromatic N) is 2. The van der Waals surface area contributed by atoms with Crippen LogP contribution in [0.3, 0.4) is 0 Å². The predicted octanol–water partition coefficient (Wildman–Crippen LogP) is 2.60. The van der Waals surface area contributed by atoms with Crippen molar-refractivity contribution < 1.29 is 14.4 Å². The molecule has 1 aromatic carbocycles. The number of para-hydroxylation sites is 1. The van der Waals surface area contributed by atoms with E-state index in [0.29, 0.717) is 30.6 Å². The number of hydrogen-bond donors (Lipinski definition) is 0. The highest BCUT2D eigenvalue weighted by atomic mass is 16.2. The number of rotatable bonds is 2. The van der Waals surface area contributed by atoms with Gasteiger partial charge in [-0.25, -0.2) is 4.90 Å². The highest BCUT2D eigenvalue weighted by Crippen LogP contribution is 2.32. The fraction of sp³-hybridized carbons (Fsp3) is 0.500. The molecule has 0 aliphatic carbocycles. The quantitative estimate of drug-likeness (QED) is 0.843. The second-order valence-corrected chi connectivity index (χ2v) is 6.35. The Bertz CT molecular complexity index is 655. The van der Waals surface area contributed by atoms with Crippen LogP contribution in [0.5, 0.6) is 0 Å². The van der Waals surface area contributed by atoms with Gasteiger partial charge < -0.3 is 4.90 Å². The van der Waals surface area contributed by atoms with Crippen LogP contribution in [-0.2, 0) is 9.59 Å². The molecule has 3 amide bonds. The molecule has 0 bridgehead atoms. The van der Waals surface area contributed by atoms with Crippen LogP contribution < -0.4 is 4.90 Å². The standard InChI is InChI=1S/C18H22N2O3/c1-3-12(2)16(21)20-14-9-5-4-8-13(14)17(22)19-11-7-6-10-15(19)18(20)23/h4-5,8-9,12,15H,3,6-7,10-11H2,1-2H3/t12-,15+/m1/s1. The molecule has 1 aromatic rings. The molecule has 122 valence electrons. The molecule has 5 heteroatoms. The zero-order chi connectivity index (χ0) is 16.6. The van der Waals surface area contributed by atoms with Gasteiger partial charge in [-0.1, -0.05) is 26.0 Å². The summed E-state index contributed by atoms with van der Waals surface area (Å²) in [7, 11) is 0. The van der Waals surface area contributed by atoms with Crippen molar-refractivity contribution in [2.24, 2.45) is 5.92 Å². The van der Waals surface area contributed by atoms with Crippen LogP contribution in [0.4, 0.5) is 5.69 Å². The number of carbonyl (C=O) groups excluding carboxylic acids is 3. The van der Waals surface area contributed by atoms with Gasteiger partial charge in [-0.3, -0.25) is 14.4 Å². The summed E-state index contributed by atoms with van der Waals surface area (Å²) >= 11 is 0. The van der Waals surface area contributed by atoms with E-state index in [1.54, 1.807) is 29.2 Å². The summed E-state index contributed by atoms with van der Waals surface area (Å²) in [6.07, 6.45) is 3.09. The van der Waals surface area contributed by atoms with E-state index in [0.717, 1.165) is 12.8 Å². The molecule has 1 fully saturated rings. The summed E-state index contributed by atoms with van der Waals surface area (Å²) in [5, 5.41) is 0. The van der Waals surface area contributed by atoms with Gasteiger partial charge in [-0.15, -0.1) is 0 Å². The molecule has 0 spiro atoms. The van der Waals surface area contributed by atoms with E-state index in [2.05, 4.69) is 0 Å². The maximum absolute atomic E-state index is 13.1. The zero-order valence-electron chi connectivity index (χ0n) is 13.6. The smallest absolute Gasteiger partial charge is 0.256 e. The summed E-state index contributed by atoms with van der Waals surface area (Å²) in [6, 6.07) is 6.43. The van der Waals surface area contributed by atoms with Gasteiger partial charge in [-0.05, 0) is 37.8 Å². The first kappa shape index (κ1) is 15.7. The molecule has 2 heterocycles. The number of piperidine rings is 1. The summed E-state index contributed by atoms with van der Waals surface area (Å²) in [6.45, 7) is 4.33. The Morgan fingerprint density at radius 2 is 2.00 bits per heavy atom. The number of imide groups is 1. The molecule has 1 saturated heterocycles. The van der Waals surface area contributed by atoms with Gasteiger partial charge in [0.05, 0.1) is 11.3 Å². The maximum Gasteiger partial charge on any atom is 0.256 e. The van der Waals surface area contributed by atoms with Gasteiger partial charge in [0.2, 0.25) is 5.91 Å². The van der Waals surface area contributed by atoms with Crippen LogP contribution in [0, 0.1) is 5.92 Å². The number of benzene rings is 1. The van der Waals surface area contributed by atoms with E-state index >= 15 is 0 Å². The van der Waals surface area contributed by atoms with Crippen LogP contribution in [0.25, 0.3) is 0 Å². The molecule has 3 rings (SSSR count). The van der Waals surface area contributed by atoms with E-state index in [1.165, 1.54) is 4.90 Å². The van der Waals surface area contributed by atoms with Crippen LogP contribution in [-0.4, -0.2) is 35.2 Å². The molecule has 0 saturated carbocycles. The molecule has 0 N–H and O–H groups in total. The molecular formula is C18H22N2O3. The van der Waals surface area contributed by atoms with Crippen LogP contribution >= 0.6 is 0 Å². The van der Waals surface area contributed by atoms with Crippen LogP contribution in [0.1, 0.15) is 49.9 Å². The normalized spacial score (nSPS) is 22.3. The lowest BCUT2D eigenvalue weighted by Gasteiger charge is -2.34. The first-order valence-electron chi connectivity index (χ1n) is 8.34. The Kier molecular flexibility index (Phi) is 4.20. The average molecular weight is 314 g/mol. The minimum Gasteiger partial charge on any atom is -0.327 e. The molecule has 0 aromatic heterocycles. The molecule has 2 aliphatic heterocycles. The van der Waals surface area contributed by atoms with Gasteiger partial charge in [0.15, 0.2) is 0 Å². The lowest BCUT2D eigenvalue weighted by Crippen LogP contribution is -2.52. The number of anilines is 1. The third kappa shape index (κ3) is 2.54. The van der Waals surface area contributed by atoms with E-state index in [4.69, 9.17) is 0 Å². The Hall–Kier alpha value is -2.17. The molecular weight excluding hydrogens is 292 g/mol. The van der Waals surface area contributed by atoms with Crippen molar-refractivity contribution in [2.45, 2.75) is 45.6 Å². The third-order valence-electron chi connectivity index (χ3n) is 4.90. The van der Waals surface area contributed by atoms with Gasteiger partial charge in [-0.2, -0.15) is 0 Å². The van der Waals surface area contributed by atoms with Crippen molar-refractivity contribution in [1.29, 1.82) is 0 Å². The summed E-state index contributed by atoms with van der Waals surface area (Å²) in [5.74, 6) is -0.867. The van der Waals surface area contributed by atoms with Gasteiger partial charge in [0.25, 0.3) is 11.8 Å². The highest BCUT2D eigenvalue weighted by molar-refractivity contribution is 6.22. The number of hydrogen-bond acceptors (Lipinski definition) is 3. The first-order chi connectivity index (χ1) is 11.1. The number of fused-ring (bicyclic) bond motifs is 2. The van der Waals surface area contributed by atoms with Gasteiger partial charge in [0, 0.05) is 12.5 Å². The van der Waals surface area contributed by atoms with E-state index in [-0.39, 0.29) is 23.6 Å². The van der Waals surface area contributed by atoms with Crippen molar-refractivity contribution in [3.8, 4) is 0 Å². The van der Waals surface area contributed by atoms with Gasteiger partial charge >= 0.3 is 0 Å². The molecule has 2 aliphatic rings. The summed E-state index contributed by atoms with van der Waals surface area (Å²) in [4.78, 5) is 41.6. The monoisotopic (exact) mass is 314 g/mol. The Balaban J connectivity index is 2.13. The first-order valence-corrected chi connectivity index (χ1v) is 8.34. The topological polar surface area (TPSA) is 57.7 Å². The van der Waals surface area contributed by atoms with Crippen molar-refractivity contribution in [1.82, 2.24) is 4.90 Å². The fourth-order valence-electron chi connectivity index (χ4n) is 3.33. The average Bonchev–Trinajstić information content (AvgIpc) is 2.69. The SMILES string of the molecule is CC[C@@H](C)C(=O)N1C(=O)[C@@H]2CCCCN2C(=O)c2ccccc21. The zero-order valence-corrected chi connectivity index (χ0v) is 13.6. The van der Waals surface area contributed by atoms with Crippen molar-refractivity contribution in [2.75, 3.05) is 11.4 Å². The number of amides is 3. The predicted molar refractivity (Wildman–Crippen MR) is 87.1 cm³/mol. The van der Waals surface area contributed by atoms with Gasteiger partial charge in [0.1, 0.15) is 6.04 Å². The summed E-state index contributed by atoms with van der Waals surface area (Å²) < 4.78 is 0. The van der Waals surface area contributed by atoms with E-state index < -0.39 is 6.04 Å². The molecule has 0 radical (unpaired) electrons. The highest BCUT2D eigenvalue weighted by Gasteiger charge is 2.43. The third-order valence-corrected chi connectivity index (χ3v) is 4.90. The minimum atomic E-state index is -0.517. The fourth-order valence-corrected chi connectivity index (χ4v) is 3.33. The summed E-state index contributed by atoms with van der Waals surface area (Å²) in [5.41, 5.74) is 0.879. The second kappa shape index (κ2) is 6.14.